The Morgan fingerprint density at radius 2 is 2.05 bits per heavy atom. The topological polar surface area (TPSA) is 55.1 Å². The lowest BCUT2D eigenvalue weighted by Gasteiger charge is -2.09. The number of hydrogen-bond acceptors (Lipinski definition) is 2. The van der Waals surface area contributed by atoms with Crippen molar-refractivity contribution in [3.8, 4) is 0 Å². The van der Waals surface area contributed by atoms with Crippen molar-refractivity contribution in [2.24, 2.45) is 0 Å². The summed E-state index contributed by atoms with van der Waals surface area (Å²) in [6.45, 7) is 1.56. The molecule has 0 aliphatic rings. The number of benzene rings is 2. The van der Waals surface area contributed by atoms with Crippen LogP contribution in [0.2, 0.25) is 5.02 Å². The SMILES string of the molecule is Cc1c(N)cc(C(=O)Nc2ccc(Cl)cc2I)cc1F. The van der Waals surface area contributed by atoms with Gasteiger partial charge in [0.05, 0.1) is 5.69 Å². The molecule has 0 aliphatic carbocycles. The molecule has 0 saturated carbocycles. The fourth-order valence-corrected chi connectivity index (χ4v) is 2.62. The highest BCUT2D eigenvalue weighted by Gasteiger charge is 2.12. The number of nitrogen functional groups attached to an aromatic ring is 1. The Bertz CT molecular complexity index is 668. The quantitative estimate of drug-likeness (QED) is 0.581. The van der Waals surface area contributed by atoms with E-state index in [1.807, 2.05) is 0 Å². The zero-order valence-corrected chi connectivity index (χ0v) is 13.4. The third kappa shape index (κ3) is 3.21. The van der Waals surface area contributed by atoms with E-state index >= 15 is 0 Å². The second-order valence-corrected chi connectivity index (χ2v) is 5.85. The number of hydrogen-bond donors (Lipinski definition) is 2. The summed E-state index contributed by atoms with van der Waals surface area (Å²) in [5.41, 5.74) is 7.04. The van der Waals surface area contributed by atoms with E-state index in [0.29, 0.717) is 16.3 Å². The van der Waals surface area contributed by atoms with Gasteiger partial charge in [0.1, 0.15) is 5.82 Å². The van der Waals surface area contributed by atoms with Gasteiger partial charge >= 0.3 is 0 Å². The van der Waals surface area contributed by atoms with Gasteiger partial charge in [-0.25, -0.2) is 4.39 Å². The molecule has 1 amide bonds. The number of halogens is 3. The van der Waals surface area contributed by atoms with Gasteiger partial charge in [-0.2, -0.15) is 0 Å². The number of anilines is 2. The largest absolute Gasteiger partial charge is 0.398 e. The summed E-state index contributed by atoms with van der Waals surface area (Å²) in [6, 6.07) is 7.71. The summed E-state index contributed by atoms with van der Waals surface area (Å²) in [7, 11) is 0. The molecule has 0 saturated heterocycles. The van der Waals surface area contributed by atoms with Crippen molar-refractivity contribution in [3.63, 3.8) is 0 Å². The molecule has 0 heterocycles. The first-order valence-electron chi connectivity index (χ1n) is 5.70. The average molecular weight is 405 g/mol. The summed E-state index contributed by atoms with van der Waals surface area (Å²) in [4.78, 5) is 12.1. The Balaban J connectivity index is 2.28. The molecular formula is C14H11ClFIN2O. The van der Waals surface area contributed by atoms with Crippen molar-refractivity contribution in [1.82, 2.24) is 0 Å². The van der Waals surface area contributed by atoms with Crippen LogP contribution in [0, 0.1) is 16.3 Å². The van der Waals surface area contributed by atoms with E-state index in [4.69, 9.17) is 17.3 Å². The molecule has 3 N–H and O–H groups in total. The van der Waals surface area contributed by atoms with Gasteiger partial charge in [0, 0.05) is 25.4 Å². The first kappa shape index (κ1) is 15.1. The summed E-state index contributed by atoms with van der Waals surface area (Å²) in [6.07, 6.45) is 0. The minimum Gasteiger partial charge on any atom is -0.398 e. The minimum atomic E-state index is -0.499. The van der Waals surface area contributed by atoms with Gasteiger partial charge in [0.15, 0.2) is 0 Å². The third-order valence-electron chi connectivity index (χ3n) is 2.83. The highest BCUT2D eigenvalue weighted by atomic mass is 127. The van der Waals surface area contributed by atoms with E-state index in [9.17, 15) is 9.18 Å². The van der Waals surface area contributed by atoms with Crippen LogP contribution < -0.4 is 11.1 Å². The molecule has 0 aliphatic heterocycles. The molecule has 0 aromatic heterocycles. The molecule has 0 atom stereocenters. The molecule has 0 fully saturated rings. The molecule has 6 heteroatoms. The Hall–Kier alpha value is -1.34. The van der Waals surface area contributed by atoms with Gasteiger partial charge in [0.2, 0.25) is 0 Å². The van der Waals surface area contributed by atoms with E-state index in [-0.39, 0.29) is 11.3 Å². The van der Waals surface area contributed by atoms with Crippen molar-refractivity contribution in [3.05, 3.63) is 55.9 Å². The number of nitrogens with two attached hydrogens (primary N) is 1. The van der Waals surface area contributed by atoms with Crippen molar-refractivity contribution >= 4 is 51.5 Å². The Kier molecular flexibility index (Phi) is 4.49. The number of carbonyl (C=O) groups excluding carboxylic acids is 1. The fraction of sp³-hybridized carbons (Fsp3) is 0.0714. The first-order chi connectivity index (χ1) is 9.38. The van der Waals surface area contributed by atoms with Crippen LogP contribution in [0.25, 0.3) is 0 Å². The van der Waals surface area contributed by atoms with Crippen molar-refractivity contribution in [2.75, 3.05) is 11.1 Å². The number of nitrogens with one attached hydrogen (secondary N) is 1. The molecule has 104 valence electrons. The van der Waals surface area contributed by atoms with E-state index in [2.05, 4.69) is 27.9 Å². The molecular weight excluding hydrogens is 394 g/mol. The van der Waals surface area contributed by atoms with Crippen LogP contribution in [0.3, 0.4) is 0 Å². The second-order valence-electron chi connectivity index (χ2n) is 4.25. The summed E-state index contributed by atoms with van der Waals surface area (Å²) >= 11 is 7.91. The smallest absolute Gasteiger partial charge is 0.255 e. The molecule has 2 aromatic carbocycles. The zero-order valence-electron chi connectivity index (χ0n) is 10.5. The van der Waals surface area contributed by atoms with Gasteiger partial charge in [0.25, 0.3) is 5.91 Å². The van der Waals surface area contributed by atoms with Crippen molar-refractivity contribution in [1.29, 1.82) is 0 Å². The summed E-state index contributed by atoms with van der Waals surface area (Å²) in [5, 5.41) is 3.28. The second kappa shape index (κ2) is 5.97. The minimum absolute atomic E-state index is 0.177. The van der Waals surface area contributed by atoms with Gasteiger partial charge in [-0.1, -0.05) is 11.6 Å². The maximum atomic E-state index is 13.6. The molecule has 3 nitrogen and oxygen atoms in total. The van der Waals surface area contributed by atoms with Crippen molar-refractivity contribution in [2.45, 2.75) is 6.92 Å². The zero-order chi connectivity index (χ0) is 14.9. The maximum Gasteiger partial charge on any atom is 0.255 e. The number of carbonyl (C=O) groups is 1. The van der Waals surface area contributed by atoms with Crippen LogP contribution in [-0.2, 0) is 0 Å². The molecule has 0 unspecified atom stereocenters. The van der Waals surface area contributed by atoms with E-state index in [0.717, 1.165) is 3.57 Å². The lowest BCUT2D eigenvalue weighted by Crippen LogP contribution is -2.14. The van der Waals surface area contributed by atoms with E-state index in [1.54, 1.807) is 25.1 Å². The van der Waals surface area contributed by atoms with E-state index < -0.39 is 11.7 Å². The lowest BCUT2D eigenvalue weighted by molar-refractivity contribution is 0.102. The Morgan fingerprint density at radius 1 is 1.35 bits per heavy atom. The molecule has 0 spiro atoms. The van der Waals surface area contributed by atoms with Crippen LogP contribution in [0.5, 0.6) is 0 Å². The standard InChI is InChI=1S/C14H11ClFIN2O/c1-7-10(16)4-8(5-12(7)18)14(20)19-13-3-2-9(15)6-11(13)17/h2-6H,18H2,1H3,(H,19,20). The van der Waals surface area contributed by atoms with Gasteiger partial charge < -0.3 is 11.1 Å². The van der Waals surface area contributed by atoms with Crippen LogP contribution in [0.15, 0.2) is 30.3 Å². The molecule has 0 bridgehead atoms. The van der Waals surface area contributed by atoms with Crippen LogP contribution in [0.4, 0.5) is 15.8 Å². The van der Waals surface area contributed by atoms with Gasteiger partial charge in [-0.05, 0) is 59.8 Å². The highest BCUT2D eigenvalue weighted by Crippen LogP contribution is 2.24. The Morgan fingerprint density at radius 3 is 2.65 bits per heavy atom. The number of amides is 1. The predicted molar refractivity (Wildman–Crippen MR) is 87.7 cm³/mol. The highest BCUT2D eigenvalue weighted by molar-refractivity contribution is 14.1. The fourth-order valence-electron chi connectivity index (χ4n) is 1.62. The van der Waals surface area contributed by atoms with Crippen LogP contribution in [-0.4, -0.2) is 5.91 Å². The number of rotatable bonds is 2. The molecule has 20 heavy (non-hydrogen) atoms. The predicted octanol–water partition coefficient (Wildman–Crippen LogP) is 4.23. The van der Waals surface area contributed by atoms with Crippen LogP contribution >= 0.6 is 34.2 Å². The van der Waals surface area contributed by atoms with Crippen molar-refractivity contribution < 1.29 is 9.18 Å². The third-order valence-corrected chi connectivity index (χ3v) is 3.95. The molecule has 0 radical (unpaired) electrons. The maximum absolute atomic E-state index is 13.6. The molecule has 2 rings (SSSR count). The van der Waals surface area contributed by atoms with Gasteiger partial charge in [-0.15, -0.1) is 0 Å². The van der Waals surface area contributed by atoms with E-state index in [1.165, 1.54) is 12.1 Å². The summed E-state index contributed by atoms with van der Waals surface area (Å²) < 4.78 is 14.4. The first-order valence-corrected chi connectivity index (χ1v) is 7.16. The summed E-state index contributed by atoms with van der Waals surface area (Å²) in [5.74, 6) is -0.920. The van der Waals surface area contributed by atoms with Crippen LogP contribution in [0.1, 0.15) is 15.9 Å². The lowest BCUT2D eigenvalue weighted by atomic mass is 10.1. The average Bonchev–Trinajstić information content (AvgIpc) is 2.38. The monoisotopic (exact) mass is 404 g/mol. The van der Waals surface area contributed by atoms with Gasteiger partial charge in [-0.3, -0.25) is 4.79 Å². The Labute approximate surface area is 134 Å². The normalized spacial score (nSPS) is 10.4. The molecule has 2 aromatic rings.